The largest absolute Gasteiger partial charge is 0.490 e. The zero-order valence-electron chi connectivity index (χ0n) is 22.4. The predicted molar refractivity (Wildman–Crippen MR) is 147 cm³/mol. The Morgan fingerprint density at radius 1 is 0.949 bits per heavy atom. The van der Waals surface area contributed by atoms with Crippen LogP contribution in [0.4, 0.5) is 0 Å². The average Bonchev–Trinajstić information content (AvgIpc) is 2.91. The van der Waals surface area contributed by atoms with Crippen molar-refractivity contribution in [1.82, 2.24) is 0 Å². The Balaban J connectivity index is 1.35. The number of hydrogen-bond acceptors (Lipinski definition) is 7. The SMILES string of the molecule is CCCc1cc(Oc2ccc(S(C)(=O)=O)cc2)ccc1OCCOc1ccc2c(c1)OC(CC)(C(=O)O)CC2. The van der Waals surface area contributed by atoms with Crippen molar-refractivity contribution in [2.45, 2.75) is 56.4 Å². The first kappa shape index (κ1) is 28.3. The molecule has 8 nitrogen and oxygen atoms in total. The van der Waals surface area contributed by atoms with Crippen molar-refractivity contribution in [3.8, 4) is 28.7 Å². The Morgan fingerprint density at radius 2 is 1.64 bits per heavy atom. The highest BCUT2D eigenvalue weighted by molar-refractivity contribution is 7.90. The Labute approximate surface area is 229 Å². The number of aryl methyl sites for hydroxylation is 2. The van der Waals surface area contributed by atoms with Crippen LogP contribution in [0.1, 0.15) is 44.2 Å². The molecule has 4 rings (SSSR count). The van der Waals surface area contributed by atoms with Crippen LogP contribution in [0, 0.1) is 0 Å². The molecule has 0 fully saturated rings. The molecule has 0 amide bonds. The molecule has 1 N–H and O–H groups in total. The molecule has 3 aromatic rings. The van der Waals surface area contributed by atoms with Crippen molar-refractivity contribution in [3.05, 3.63) is 71.8 Å². The van der Waals surface area contributed by atoms with E-state index in [1.165, 1.54) is 18.4 Å². The molecule has 3 aromatic carbocycles. The maximum Gasteiger partial charge on any atom is 0.348 e. The van der Waals surface area contributed by atoms with Crippen molar-refractivity contribution in [2.24, 2.45) is 0 Å². The second-order valence-electron chi connectivity index (χ2n) is 9.59. The fourth-order valence-electron chi connectivity index (χ4n) is 4.50. The molecule has 208 valence electrons. The highest BCUT2D eigenvalue weighted by Crippen LogP contribution is 2.37. The number of aliphatic carboxylic acids is 1. The second-order valence-corrected chi connectivity index (χ2v) is 11.6. The van der Waals surface area contributed by atoms with Crippen LogP contribution in [0.3, 0.4) is 0 Å². The van der Waals surface area contributed by atoms with Gasteiger partial charge in [0.2, 0.25) is 5.60 Å². The van der Waals surface area contributed by atoms with E-state index in [2.05, 4.69) is 6.92 Å². The maximum atomic E-state index is 11.8. The van der Waals surface area contributed by atoms with E-state index < -0.39 is 21.4 Å². The molecule has 0 radical (unpaired) electrons. The van der Waals surface area contributed by atoms with Gasteiger partial charge in [-0.25, -0.2) is 13.2 Å². The fraction of sp³-hybridized carbons (Fsp3) is 0.367. The standard InChI is InChI=1S/C30H34O8S/c1-4-6-22-19-25(37-23-9-12-26(13-10-23)39(3,33)34)11-14-27(22)36-18-17-35-24-8-7-21-15-16-30(5-2,29(31)32)38-28(21)20-24/h7-14,19-20H,4-6,15-18H2,1-3H3,(H,31,32). The molecular weight excluding hydrogens is 520 g/mol. The summed E-state index contributed by atoms with van der Waals surface area (Å²) < 4.78 is 47.1. The van der Waals surface area contributed by atoms with Gasteiger partial charge < -0.3 is 24.1 Å². The molecule has 0 saturated carbocycles. The molecule has 1 atom stereocenters. The van der Waals surface area contributed by atoms with Gasteiger partial charge in [0.05, 0.1) is 4.90 Å². The molecule has 1 aliphatic heterocycles. The first-order valence-corrected chi connectivity index (χ1v) is 14.9. The summed E-state index contributed by atoms with van der Waals surface area (Å²) in [4.78, 5) is 12.0. The van der Waals surface area contributed by atoms with Gasteiger partial charge >= 0.3 is 5.97 Å². The van der Waals surface area contributed by atoms with Crippen molar-refractivity contribution in [3.63, 3.8) is 0 Å². The summed E-state index contributed by atoms with van der Waals surface area (Å²) in [6.07, 6.45) is 4.36. The predicted octanol–water partition coefficient (Wildman–Crippen LogP) is 5.85. The third kappa shape index (κ3) is 6.84. The lowest BCUT2D eigenvalue weighted by atomic mass is 9.89. The van der Waals surface area contributed by atoms with Crippen LogP contribution in [0.2, 0.25) is 0 Å². The number of fused-ring (bicyclic) bond motifs is 1. The second kappa shape index (κ2) is 12.0. The number of hydrogen-bond donors (Lipinski definition) is 1. The van der Waals surface area contributed by atoms with Crippen LogP contribution in [0.25, 0.3) is 0 Å². The van der Waals surface area contributed by atoms with Gasteiger partial charge in [-0.2, -0.15) is 0 Å². The number of sulfone groups is 1. The van der Waals surface area contributed by atoms with Gasteiger partial charge in [0.15, 0.2) is 9.84 Å². The van der Waals surface area contributed by atoms with Gasteiger partial charge in [-0.05, 0) is 78.9 Å². The van der Waals surface area contributed by atoms with Crippen molar-refractivity contribution in [2.75, 3.05) is 19.5 Å². The van der Waals surface area contributed by atoms with Gasteiger partial charge in [0.1, 0.15) is 42.0 Å². The lowest BCUT2D eigenvalue weighted by Gasteiger charge is -2.34. The summed E-state index contributed by atoms with van der Waals surface area (Å²) in [6, 6.07) is 17.4. The molecule has 0 spiro atoms. The Morgan fingerprint density at radius 3 is 2.31 bits per heavy atom. The van der Waals surface area contributed by atoms with Crippen LogP contribution in [-0.2, 0) is 27.5 Å². The van der Waals surface area contributed by atoms with Gasteiger partial charge in [-0.15, -0.1) is 0 Å². The minimum absolute atomic E-state index is 0.240. The quantitative estimate of drug-likeness (QED) is 0.278. The zero-order chi connectivity index (χ0) is 28.0. The van der Waals surface area contributed by atoms with E-state index in [0.717, 1.165) is 29.7 Å². The number of benzene rings is 3. The summed E-state index contributed by atoms with van der Waals surface area (Å²) in [5.41, 5.74) is 0.774. The van der Waals surface area contributed by atoms with Crippen LogP contribution in [0.5, 0.6) is 28.7 Å². The zero-order valence-corrected chi connectivity index (χ0v) is 23.3. The van der Waals surface area contributed by atoms with E-state index in [0.29, 0.717) is 55.5 Å². The number of carboxylic acids is 1. The molecule has 0 aromatic heterocycles. The molecule has 1 aliphatic rings. The Hall–Kier alpha value is -3.72. The van der Waals surface area contributed by atoms with E-state index in [9.17, 15) is 18.3 Å². The molecule has 39 heavy (non-hydrogen) atoms. The van der Waals surface area contributed by atoms with Gasteiger partial charge in [-0.1, -0.05) is 26.3 Å². The third-order valence-corrected chi connectivity index (χ3v) is 7.88. The van der Waals surface area contributed by atoms with Gasteiger partial charge in [-0.3, -0.25) is 0 Å². The summed E-state index contributed by atoms with van der Waals surface area (Å²) in [6.45, 7) is 4.52. The fourth-order valence-corrected chi connectivity index (χ4v) is 5.13. The normalized spacial score (nSPS) is 16.6. The van der Waals surface area contributed by atoms with E-state index in [-0.39, 0.29) is 4.90 Å². The topological polar surface area (TPSA) is 108 Å². The highest BCUT2D eigenvalue weighted by atomic mass is 32.2. The summed E-state index contributed by atoms with van der Waals surface area (Å²) in [7, 11) is -3.26. The summed E-state index contributed by atoms with van der Waals surface area (Å²) >= 11 is 0. The van der Waals surface area contributed by atoms with E-state index in [1.54, 1.807) is 18.2 Å². The number of ether oxygens (including phenoxy) is 4. The maximum absolute atomic E-state index is 11.8. The minimum atomic E-state index is -3.26. The summed E-state index contributed by atoms with van der Waals surface area (Å²) in [5.74, 6) is 2.11. The van der Waals surface area contributed by atoms with Crippen LogP contribution < -0.4 is 18.9 Å². The molecule has 0 aliphatic carbocycles. The Kier molecular flexibility index (Phi) is 8.70. The van der Waals surface area contributed by atoms with E-state index in [1.807, 2.05) is 37.3 Å². The number of carbonyl (C=O) groups is 1. The van der Waals surface area contributed by atoms with Crippen LogP contribution in [0.15, 0.2) is 65.6 Å². The summed E-state index contributed by atoms with van der Waals surface area (Å²) in [5, 5.41) is 9.65. The van der Waals surface area contributed by atoms with Crippen molar-refractivity contribution in [1.29, 1.82) is 0 Å². The van der Waals surface area contributed by atoms with Crippen molar-refractivity contribution < 1.29 is 37.3 Å². The van der Waals surface area contributed by atoms with Crippen LogP contribution in [-0.4, -0.2) is 44.6 Å². The van der Waals surface area contributed by atoms with Crippen molar-refractivity contribution >= 4 is 15.8 Å². The average molecular weight is 555 g/mol. The minimum Gasteiger partial charge on any atom is -0.490 e. The van der Waals surface area contributed by atoms with E-state index >= 15 is 0 Å². The molecule has 0 saturated heterocycles. The lowest BCUT2D eigenvalue weighted by Crippen LogP contribution is -2.46. The van der Waals surface area contributed by atoms with E-state index in [4.69, 9.17) is 18.9 Å². The Bertz CT molecular complexity index is 1420. The molecular formula is C30H34O8S. The van der Waals surface area contributed by atoms with Crippen LogP contribution >= 0.6 is 0 Å². The lowest BCUT2D eigenvalue weighted by molar-refractivity contribution is -0.157. The molecule has 0 bridgehead atoms. The monoisotopic (exact) mass is 554 g/mol. The first-order chi connectivity index (χ1) is 18.6. The first-order valence-electron chi connectivity index (χ1n) is 13.1. The highest BCUT2D eigenvalue weighted by Gasteiger charge is 2.42. The van der Waals surface area contributed by atoms with Gasteiger partial charge in [0, 0.05) is 18.7 Å². The third-order valence-electron chi connectivity index (χ3n) is 6.75. The molecule has 9 heteroatoms. The number of rotatable bonds is 12. The smallest absolute Gasteiger partial charge is 0.348 e. The number of carboxylic acid groups (broad SMARTS) is 1. The molecule has 1 unspecified atom stereocenters. The molecule has 1 heterocycles. The van der Waals surface area contributed by atoms with Gasteiger partial charge in [0.25, 0.3) is 0 Å².